The molecule has 0 atom stereocenters. The second-order valence-corrected chi connectivity index (χ2v) is 6.64. The van der Waals surface area contributed by atoms with Crippen LogP contribution in [-0.4, -0.2) is 38.3 Å². The van der Waals surface area contributed by atoms with Crippen molar-refractivity contribution in [1.82, 2.24) is 9.62 Å². The first kappa shape index (κ1) is 14.8. The van der Waals surface area contributed by atoms with Crippen LogP contribution in [0.1, 0.15) is 12.0 Å². The molecule has 2 rings (SSSR count). The van der Waals surface area contributed by atoms with Crippen molar-refractivity contribution in [3.8, 4) is 6.07 Å². The van der Waals surface area contributed by atoms with Gasteiger partial charge in [0.15, 0.2) is 0 Å². The zero-order valence-corrected chi connectivity index (χ0v) is 12.0. The first-order valence-electron chi connectivity index (χ1n) is 5.91. The standard InChI is InChI=1S/C12H12ClN3O3S/c13-10-3-2-9(7-14)11(6-10)20(18,19)16-5-1-4-15-12(17)8-16/h2-3,6H,1,4-5,8H2,(H,15,17). The second kappa shape index (κ2) is 5.79. The van der Waals surface area contributed by atoms with Crippen LogP contribution in [0.25, 0.3) is 0 Å². The number of amides is 1. The molecule has 1 amide bonds. The number of carbonyl (C=O) groups excluding carboxylic acids is 1. The van der Waals surface area contributed by atoms with E-state index < -0.39 is 10.0 Å². The quantitative estimate of drug-likeness (QED) is 0.871. The zero-order chi connectivity index (χ0) is 14.8. The molecule has 1 heterocycles. The fourth-order valence-electron chi connectivity index (χ4n) is 1.92. The van der Waals surface area contributed by atoms with Gasteiger partial charge in [0.2, 0.25) is 15.9 Å². The van der Waals surface area contributed by atoms with Gasteiger partial charge in [0, 0.05) is 18.1 Å². The van der Waals surface area contributed by atoms with E-state index in [1.54, 1.807) is 0 Å². The van der Waals surface area contributed by atoms with E-state index in [0.717, 1.165) is 4.31 Å². The summed E-state index contributed by atoms with van der Waals surface area (Å²) >= 11 is 5.81. The van der Waals surface area contributed by atoms with Crippen LogP contribution in [0.3, 0.4) is 0 Å². The van der Waals surface area contributed by atoms with E-state index in [9.17, 15) is 13.2 Å². The molecule has 0 aliphatic carbocycles. The summed E-state index contributed by atoms with van der Waals surface area (Å²) in [7, 11) is -3.92. The summed E-state index contributed by atoms with van der Waals surface area (Å²) in [6, 6.07) is 5.87. The maximum absolute atomic E-state index is 12.6. The van der Waals surface area contributed by atoms with Gasteiger partial charge in [0.25, 0.3) is 0 Å². The number of sulfonamides is 1. The molecule has 6 nitrogen and oxygen atoms in total. The number of carbonyl (C=O) groups is 1. The molecule has 1 aromatic carbocycles. The SMILES string of the molecule is N#Cc1ccc(Cl)cc1S(=O)(=O)N1CCCNC(=O)C1. The molecule has 1 saturated heterocycles. The van der Waals surface area contributed by atoms with Crippen molar-refractivity contribution in [2.45, 2.75) is 11.3 Å². The Morgan fingerprint density at radius 2 is 2.15 bits per heavy atom. The highest BCUT2D eigenvalue weighted by Gasteiger charge is 2.30. The highest BCUT2D eigenvalue weighted by atomic mass is 35.5. The Labute approximate surface area is 122 Å². The van der Waals surface area contributed by atoms with Crippen molar-refractivity contribution >= 4 is 27.5 Å². The van der Waals surface area contributed by atoms with Crippen LogP contribution in [0.4, 0.5) is 0 Å². The summed E-state index contributed by atoms with van der Waals surface area (Å²) in [5, 5.41) is 11.8. The maximum atomic E-state index is 12.6. The molecule has 0 spiro atoms. The van der Waals surface area contributed by atoms with E-state index in [0.29, 0.717) is 13.0 Å². The summed E-state index contributed by atoms with van der Waals surface area (Å²) in [5.74, 6) is -0.355. The van der Waals surface area contributed by atoms with E-state index in [-0.39, 0.29) is 34.5 Å². The van der Waals surface area contributed by atoms with Crippen molar-refractivity contribution < 1.29 is 13.2 Å². The molecule has 0 radical (unpaired) electrons. The molecule has 106 valence electrons. The van der Waals surface area contributed by atoms with Crippen molar-refractivity contribution in [3.63, 3.8) is 0 Å². The molecule has 1 aromatic rings. The highest BCUT2D eigenvalue weighted by molar-refractivity contribution is 7.89. The minimum Gasteiger partial charge on any atom is -0.355 e. The summed E-state index contributed by atoms with van der Waals surface area (Å²) in [5.41, 5.74) is 0.0130. The number of nitrogens with zero attached hydrogens (tertiary/aromatic N) is 2. The molecule has 1 aliphatic heterocycles. The summed E-state index contributed by atoms with van der Waals surface area (Å²) in [4.78, 5) is 11.3. The van der Waals surface area contributed by atoms with Gasteiger partial charge in [-0.25, -0.2) is 8.42 Å². The number of hydrogen-bond donors (Lipinski definition) is 1. The number of hydrogen-bond acceptors (Lipinski definition) is 4. The predicted molar refractivity (Wildman–Crippen MR) is 72.6 cm³/mol. The highest BCUT2D eigenvalue weighted by Crippen LogP contribution is 2.24. The van der Waals surface area contributed by atoms with Crippen LogP contribution in [-0.2, 0) is 14.8 Å². The van der Waals surface area contributed by atoms with Gasteiger partial charge >= 0.3 is 0 Å². The number of benzene rings is 1. The Kier molecular flexibility index (Phi) is 4.28. The molecule has 8 heteroatoms. The van der Waals surface area contributed by atoms with Gasteiger partial charge in [-0.05, 0) is 24.6 Å². The monoisotopic (exact) mass is 313 g/mol. The number of nitrogens with one attached hydrogen (secondary N) is 1. The van der Waals surface area contributed by atoms with Crippen molar-refractivity contribution in [3.05, 3.63) is 28.8 Å². The minimum absolute atomic E-state index is 0.0130. The Hall–Kier alpha value is -1.62. The van der Waals surface area contributed by atoms with Gasteiger partial charge in [0.05, 0.1) is 12.1 Å². The topological polar surface area (TPSA) is 90.3 Å². The van der Waals surface area contributed by atoms with E-state index >= 15 is 0 Å². The van der Waals surface area contributed by atoms with Crippen LogP contribution >= 0.6 is 11.6 Å². The number of halogens is 1. The Balaban J connectivity index is 2.47. The number of rotatable bonds is 2. The van der Waals surface area contributed by atoms with Gasteiger partial charge < -0.3 is 5.32 Å². The molecule has 1 N–H and O–H groups in total. The van der Waals surface area contributed by atoms with Crippen LogP contribution < -0.4 is 5.32 Å². The summed E-state index contributed by atoms with van der Waals surface area (Å²) < 4.78 is 26.2. The van der Waals surface area contributed by atoms with Crippen molar-refractivity contribution in [1.29, 1.82) is 5.26 Å². The van der Waals surface area contributed by atoms with Gasteiger partial charge in [-0.3, -0.25) is 4.79 Å². The van der Waals surface area contributed by atoms with Gasteiger partial charge in [-0.1, -0.05) is 11.6 Å². The molecule has 0 bridgehead atoms. The molecule has 1 aliphatic rings. The van der Waals surface area contributed by atoms with Crippen LogP contribution in [0.5, 0.6) is 0 Å². The summed E-state index contributed by atoms with van der Waals surface area (Å²) in [6.45, 7) is 0.406. The first-order valence-corrected chi connectivity index (χ1v) is 7.73. The molecule has 0 unspecified atom stereocenters. The Morgan fingerprint density at radius 1 is 1.40 bits per heavy atom. The third-order valence-corrected chi connectivity index (χ3v) is 5.03. The van der Waals surface area contributed by atoms with Gasteiger partial charge in [-0.15, -0.1) is 0 Å². The number of nitriles is 1. The van der Waals surface area contributed by atoms with Gasteiger partial charge in [-0.2, -0.15) is 9.57 Å². The maximum Gasteiger partial charge on any atom is 0.244 e. The Morgan fingerprint density at radius 3 is 2.85 bits per heavy atom. The van der Waals surface area contributed by atoms with Gasteiger partial charge in [0.1, 0.15) is 11.0 Å². The molecular weight excluding hydrogens is 302 g/mol. The fraction of sp³-hybridized carbons (Fsp3) is 0.333. The van der Waals surface area contributed by atoms with E-state index in [1.165, 1.54) is 18.2 Å². The second-order valence-electron chi connectivity index (χ2n) is 4.29. The lowest BCUT2D eigenvalue weighted by atomic mass is 10.2. The normalized spacial score (nSPS) is 17.1. The summed E-state index contributed by atoms with van der Waals surface area (Å²) in [6.07, 6.45) is 0.521. The molecule has 1 fully saturated rings. The van der Waals surface area contributed by atoms with E-state index in [4.69, 9.17) is 16.9 Å². The Bertz CT molecular complexity index is 682. The van der Waals surface area contributed by atoms with E-state index in [2.05, 4.69) is 5.32 Å². The largest absolute Gasteiger partial charge is 0.355 e. The lowest BCUT2D eigenvalue weighted by Crippen LogP contribution is -2.37. The predicted octanol–water partition coefficient (Wildman–Crippen LogP) is 0.722. The first-order chi connectivity index (χ1) is 9.45. The van der Waals surface area contributed by atoms with Crippen molar-refractivity contribution in [2.75, 3.05) is 19.6 Å². The average molecular weight is 314 g/mol. The van der Waals surface area contributed by atoms with Crippen LogP contribution in [0, 0.1) is 11.3 Å². The third-order valence-electron chi connectivity index (χ3n) is 2.91. The lowest BCUT2D eigenvalue weighted by Gasteiger charge is -2.19. The third kappa shape index (κ3) is 2.93. The molecular formula is C12H12ClN3O3S. The minimum atomic E-state index is -3.92. The van der Waals surface area contributed by atoms with E-state index in [1.807, 2.05) is 6.07 Å². The molecule has 0 saturated carbocycles. The molecule has 20 heavy (non-hydrogen) atoms. The molecule has 0 aromatic heterocycles. The zero-order valence-electron chi connectivity index (χ0n) is 10.5. The fourth-order valence-corrected chi connectivity index (χ4v) is 3.76. The van der Waals surface area contributed by atoms with Crippen molar-refractivity contribution in [2.24, 2.45) is 0 Å². The van der Waals surface area contributed by atoms with Crippen LogP contribution in [0.15, 0.2) is 23.1 Å². The lowest BCUT2D eigenvalue weighted by molar-refractivity contribution is -0.120. The smallest absolute Gasteiger partial charge is 0.244 e. The van der Waals surface area contributed by atoms with Crippen LogP contribution in [0.2, 0.25) is 5.02 Å². The average Bonchev–Trinajstić information content (AvgIpc) is 2.64.